The van der Waals surface area contributed by atoms with E-state index in [1.165, 1.54) is 81.1 Å². The van der Waals surface area contributed by atoms with E-state index in [0.29, 0.717) is 17.8 Å². The molecule has 1 nitrogen and oxygen atoms in total. The maximum Gasteiger partial charge on any atom is 0.244 e. The summed E-state index contributed by atoms with van der Waals surface area (Å²) in [6.07, 6.45) is 0. The van der Waals surface area contributed by atoms with E-state index in [9.17, 15) is 0 Å². The van der Waals surface area contributed by atoms with Crippen LogP contribution in [0.1, 0.15) is 76.0 Å². The summed E-state index contributed by atoms with van der Waals surface area (Å²) in [5.74, 6) is 1.36. The molecule has 0 unspecified atom stereocenters. The number of nitrogens with zero attached hydrogens (tertiary/aromatic N) is 1. The molecule has 6 aromatic carbocycles. The molecule has 1 aromatic heterocycles. The van der Waals surface area contributed by atoms with E-state index < -0.39 is 0 Å². The zero-order chi connectivity index (χ0) is 31.7. The largest absolute Gasteiger partial charge is 0.309 e. The third-order valence-corrected chi connectivity index (χ3v) is 11.2. The molecule has 226 valence electrons. The van der Waals surface area contributed by atoms with E-state index in [4.69, 9.17) is 0 Å². The molecule has 3 heteroatoms. The lowest BCUT2D eigenvalue weighted by Gasteiger charge is -2.32. The van der Waals surface area contributed by atoms with Gasteiger partial charge in [0.1, 0.15) is 0 Å². The first-order valence-corrected chi connectivity index (χ1v) is 17.6. The van der Waals surface area contributed by atoms with Crippen molar-refractivity contribution in [1.82, 2.24) is 4.57 Å². The molecule has 0 radical (unpaired) electrons. The van der Waals surface area contributed by atoms with Crippen LogP contribution in [0.4, 0.5) is 0 Å². The lowest BCUT2D eigenvalue weighted by Crippen LogP contribution is -2.57. The van der Waals surface area contributed by atoms with Crippen LogP contribution in [0.15, 0.2) is 125 Å². The minimum Gasteiger partial charge on any atom is -0.309 e. The smallest absolute Gasteiger partial charge is 0.244 e. The molecule has 0 atom stereocenters. The van der Waals surface area contributed by atoms with Gasteiger partial charge in [0, 0.05) is 31.6 Å². The monoisotopic (exact) mass is 613 g/mol. The second-order valence-electron chi connectivity index (χ2n) is 13.9. The summed E-state index contributed by atoms with van der Waals surface area (Å²) in [6, 6.07) is 43.7. The average Bonchev–Trinajstić information content (AvgIpc) is 3.41. The van der Waals surface area contributed by atoms with Crippen LogP contribution in [0.3, 0.4) is 0 Å². The number of benzene rings is 6. The highest BCUT2D eigenvalue weighted by molar-refractivity contribution is 8.00. The van der Waals surface area contributed by atoms with Crippen molar-refractivity contribution >= 4 is 67.4 Å². The summed E-state index contributed by atoms with van der Waals surface area (Å²) < 4.78 is 2.50. The Labute approximate surface area is 277 Å². The molecule has 0 saturated carbocycles. The highest BCUT2D eigenvalue weighted by Gasteiger charge is 2.35. The Morgan fingerprint density at radius 3 is 1.93 bits per heavy atom. The van der Waals surface area contributed by atoms with Crippen molar-refractivity contribution in [3.8, 4) is 5.69 Å². The Balaban J connectivity index is 1.41. The highest BCUT2D eigenvalue weighted by atomic mass is 32.2. The SMILES string of the molecule is CC(C)c1cc(C(C)C)c(B2c3ccccc3Sc3cc(-n4c5ccccc5c5ccc6ccccc6c54)ccc32)c(C(C)C)c1. The van der Waals surface area contributed by atoms with Crippen LogP contribution in [0, 0.1) is 0 Å². The first kappa shape index (κ1) is 29.2. The molecule has 0 spiro atoms. The van der Waals surface area contributed by atoms with Gasteiger partial charge in [0.2, 0.25) is 6.71 Å². The van der Waals surface area contributed by atoms with Gasteiger partial charge in [-0.1, -0.05) is 161 Å². The molecule has 7 aromatic rings. The Kier molecular flexibility index (Phi) is 7.14. The van der Waals surface area contributed by atoms with Crippen LogP contribution in [0.2, 0.25) is 0 Å². The van der Waals surface area contributed by atoms with Gasteiger partial charge in [-0.25, -0.2) is 0 Å². The van der Waals surface area contributed by atoms with Gasteiger partial charge in [0.15, 0.2) is 0 Å². The second-order valence-corrected chi connectivity index (χ2v) is 15.0. The van der Waals surface area contributed by atoms with Gasteiger partial charge < -0.3 is 4.57 Å². The summed E-state index contributed by atoms with van der Waals surface area (Å²) in [7, 11) is 0. The summed E-state index contributed by atoms with van der Waals surface area (Å²) in [4.78, 5) is 2.71. The standard InChI is InChI=1S/C43H40BNS/c1-26(2)30-23-35(27(3)4)42(36(24-30)28(5)6)44-37-16-10-12-18-40(37)46-41-25-31(20-22-38(41)44)45-39-17-11-9-15-33(39)34-21-19-29-13-7-8-14-32(29)43(34)45/h7-28H,1-6H3. The van der Waals surface area contributed by atoms with E-state index in [0.717, 1.165) is 0 Å². The van der Waals surface area contributed by atoms with Gasteiger partial charge in [0.05, 0.1) is 11.0 Å². The molecule has 1 aliphatic rings. The fourth-order valence-corrected chi connectivity index (χ4v) is 8.91. The topological polar surface area (TPSA) is 4.93 Å². The van der Waals surface area contributed by atoms with Gasteiger partial charge in [0.25, 0.3) is 0 Å². The van der Waals surface area contributed by atoms with Gasteiger partial charge >= 0.3 is 0 Å². The van der Waals surface area contributed by atoms with Crippen molar-refractivity contribution in [3.05, 3.63) is 132 Å². The fourth-order valence-electron chi connectivity index (χ4n) is 7.74. The van der Waals surface area contributed by atoms with Crippen LogP contribution in [-0.2, 0) is 0 Å². The Hall–Kier alpha value is -4.21. The molecule has 2 heterocycles. The number of aromatic nitrogens is 1. The quantitative estimate of drug-likeness (QED) is 0.175. The summed E-state index contributed by atoms with van der Waals surface area (Å²) >= 11 is 1.93. The molecule has 0 amide bonds. The minimum absolute atomic E-state index is 0.191. The molecule has 0 fully saturated rings. The van der Waals surface area contributed by atoms with Crippen molar-refractivity contribution in [3.63, 3.8) is 0 Å². The zero-order valence-electron chi connectivity index (χ0n) is 27.6. The second kappa shape index (κ2) is 11.2. The lowest BCUT2D eigenvalue weighted by atomic mass is 9.34. The number of hydrogen-bond donors (Lipinski definition) is 0. The lowest BCUT2D eigenvalue weighted by molar-refractivity contribution is 0.812. The number of para-hydroxylation sites is 1. The van der Waals surface area contributed by atoms with Gasteiger partial charge in [-0.15, -0.1) is 0 Å². The van der Waals surface area contributed by atoms with Gasteiger partial charge in [-0.3, -0.25) is 0 Å². The summed E-state index contributed by atoms with van der Waals surface area (Å²) in [5, 5.41) is 5.16. The number of rotatable bonds is 5. The maximum atomic E-state index is 2.51. The van der Waals surface area contributed by atoms with Crippen molar-refractivity contribution in [2.75, 3.05) is 0 Å². The molecular weight excluding hydrogens is 573 g/mol. The molecule has 46 heavy (non-hydrogen) atoms. The first-order chi connectivity index (χ1) is 22.3. The third kappa shape index (κ3) is 4.54. The normalized spacial score (nSPS) is 13.0. The summed E-state index contributed by atoms with van der Waals surface area (Å²) in [6.45, 7) is 14.3. The Morgan fingerprint density at radius 2 is 1.20 bits per heavy atom. The van der Waals surface area contributed by atoms with E-state index in [1.54, 1.807) is 0 Å². The van der Waals surface area contributed by atoms with Crippen molar-refractivity contribution in [2.45, 2.75) is 69.1 Å². The molecule has 0 saturated heterocycles. The Bertz CT molecular complexity index is 2260. The molecule has 8 rings (SSSR count). The van der Waals surface area contributed by atoms with Gasteiger partial charge in [-0.2, -0.15) is 0 Å². The van der Waals surface area contributed by atoms with Crippen LogP contribution in [-0.4, -0.2) is 11.3 Å². The van der Waals surface area contributed by atoms with Gasteiger partial charge in [-0.05, 0) is 64.1 Å². The molecular formula is C43H40BNS. The fraction of sp³-hybridized carbons (Fsp3) is 0.209. The van der Waals surface area contributed by atoms with Crippen LogP contribution in [0.25, 0.3) is 38.3 Å². The molecule has 0 N–H and O–H groups in total. The Morgan fingerprint density at radius 1 is 0.543 bits per heavy atom. The summed E-state index contributed by atoms with van der Waals surface area (Å²) in [5.41, 5.74) is 12.5. The van der Waals surface area contributed by atoms with Crippen LogP contribution < -0.4 is 16.4 Å². The highest BCUT2D eigenvalue weighted by Crippen LogP contribution is 2.39. The first-order valence-electron chi connectivity index (χ1n) is 16.8. The minimum atomic E-state index is 0.191. The molecule has 1 aliphatic heterocycles. The van der Waals surface area contributed by atoms with E-state index in [1.807, 2.05) is 11.8 Å². The van der Waals surface area contributed by atoms with E-state index >= 15 is 0 Å². The van der Waals surface area contributed by atoms with E-state index in [2.05, 4.69) is 161 Å². The van der Waals surface area contributed by atoms with Crippen LogP contribution >= 0.6 is 11.8 Å². The average molecular weight is 614 g/mol. The van der Waals surface area contributed by atoms with Crippen LogP contribution in [0.5, 0.6) is 0 Å². The predicted molar refractivity (Wildman–Crippen MR) is 202 cm³/mol. The predicted octanol–water partition coefficient (Wildman–Crippen LogP) is 10.3. The third-order valence-electron chi connectivity index (χ3n) is 10.0. The maximum absolute atomic E-state index is 2.51. The van der Waals surface area contributed by atoms with Crippen molar-refractivity contribution in [2.24, 2.45) is 0 Å². The number of fused-ring (bicyclic) bond motifs is 7. The zero-order valence-corrected chi connectivity index (χ0v) is 28.5. The van der Waals surface area contributed by atoms with E-state index in [-0.39, 0.29) is 6.71 Å². The molecule has 0 aliphatic carbocycles. The van der Waals surface area contributed by atoms with Crippen molar-refractivity contribution < 1.29 is 0 Å². The van der Waals surface area contributed by atoms with Crippen molar-refractivity contribution in [1.29, 1.82) is 0 Å². The molecule has 0 bridgehead atoms. The number of hydrogen-bond acceptors (Lipinski definition) is 1.